The number of carboxylic acids is 1. The van der Waals surface area contributed by atoms with E-state index in [-0.39, 0.29) is 16.7 Å². The van der Waals surface area contributed by atoms with E-state index < -0.39 is 26.3 Å². The first-order valence-corrected chi connectivity index (χ1v) is 10.1. The number of benzene rings is 2. The van der Waals surface area contributed by atoms with Crippen LogP contribution in [0.15, 0.2) is 48.7 Å². The van der Waals surface area contributed by atoms with Gasteiger partial charge in [0.05, 0.1) is 7.11 Å². The second-order valence-electron chi connectivity index (χ2n) is 5.50. The van der Waals surface area contributed by atoms with E-state index in [2.05, 4.69) is 4.98 Å². The van der Waals surface area contributed by atoms with E-state index in [1.54, 1.807) is 49.6 Å². The van der Waals surface area contributed by atoms with Crippen LogP contribution in [0.5, 0.6) is 23.0 Å². The molecule has 1 radical (unpaired) electrons. The number of aromatic nitrogens is 1. The van der Waals surface area contributed by atoms with E-state index in [4.69, 9.17) is 14.6 Å². The number of aromatic hydroxyl groups is 1. The number of ether oxygens (including phenoxy) is 2. The zero-order valence-corrected chi connectivity index (χ0v) is 16.1. The van der Waals surface area contributed by atoms with Gasteiger partial charge in [0.25, 0.3) is 0 Å². The third-order valence-corrected chi connectivity index (χ3v) is 5.64. The van der Waals surface area contributed by atoms with E-state index in [0.29, 0.717) is 22.3 Å². The Morgan fingerprint density at radius 2 is 1.74 bits per heavy atom. The molecule has 3 aromatic rings. The number of rotatable bonds is 7. The van der Waals surface area contributed by atoms with E-state index in [1.807, 2.05) is 0 Å². The van der Waals surface area contributed by atoms with Crippen LogP contribution >= 0.6 is 0 Å². The van der Waals surface area contributed by atoms with Crippen LogP contribution in [0.3, 0.4) is 0 Å². The molecule has 0 saturated carbocycles. The standard InChI is InChI=1S/C19H15AsNO6/c1-26-12-2-4-13(5-3-12)27-14-6-7-15-11(8-14)10-21-17(18(15)24)19(25)20-9-16(22)23/h2-8,10,24H,9H2,1H3,(H,22,23). The average Bonchev–Trinajstić information content (AvgIpc) is 2.67. The normalized spacial score (nSPS) is 11.0. The Morgan fingerprint density at radius 3 is 2.41 bits per heavy atom. The Morgan fingerprint density at radius 1 is 1.07 bits per heavy atom. The molecule has 2 N–H and O–H groups in total. The third kappa shape index (κ3) is 4.38. The molecule has 8 heteroatoms. The maximum absolute atomic E-state index is 12.1. The summed E-state index contributed by atoms with van der Waals surface area (Å²) in [7, 11) is 1.58. The van der Waals surface area contributed by atoms with Gasteiger partial charge in [0.2, 0.25) is 0 Å². The zero-order valence-electron chi connectivity index (χ0n) is 14.2. The molecule has 137 valence electrons. The van der Waals surface area contributed by atoms with Crippen LogP contribution in [0.1, 0.15) is 10.5 Å². The van der Waals surface area contributed by atoms with Crippen LogP contribution in [0, 0.1) is 0 Å². The fourth-order valence-corrected chi connectivity index (χ4v) is 3.64. The number of fused-ring (bicyclic) bond motifs is 1. The predicted molar refractivity (Wildman–Crippen MR) is 99.0 cm³/mol. The Labute approximate surface area is 161 Å². The van der Waals surface area contributed by atoms with Crippen LogP contribution < -0.4 is 9.47 Å². The van der Waals surface area contributed by atoms with Crippen LogP contribution in [0.25, 0.3) is 10.8 Å². The first-order chi connectivity index (χ1) is 13.0. The van der Waals surface area contributed by atoms with Gasteiger partial charge < -0.3 is 4.74 Å². The van der Waals surface area contributed by atoms with Crippen molar-refractivity contribution in [3.05, 3.63) is 54.4 Å². The number of pyridine rings is 1. The molecule has 0 saturated heterocycles. The summed E-state index contributed by atoms with van der Waals surface area (Å²) in [5, 5.41) is 19.9. The summed E-state index contributed by atoms with van der Waals surface area (Å²) in [4.78, 5) is 26.7. The Bertz CT molecular complexity index is 1000. The molecule has 0 bridgehead atoms. The number of nitrogens with zero attached hydrogens (tertiary/aromatic N) is 1. The van der Waals surface area contributed by atoms with Crippen molar-refractivity contribution < 1.29 is 29.3 Å². The van der Waals surface area contributed by atoms with Gasteiger partial charge in [-0.05, 0) is 0 Å². The molecular formula is C19H15AsNO6. The molecule has 7 nitrogen and oxygen atoms in total. The molecule has 0 atom stereocenters. The van der Waals surface area contributed by atoms with Gasteiger partial charge in [-0.3, -0.25) is 0 Å². The number of carbonyl (C=O) groups is 2. The van der Waals surface area contributed by atoms with Gasteiger partial charge >= 0.3 is 149 Å². The monoisotopic (exact) mass is 428 g/mol. The molecule has 0 aliphatic carbocycles. The van der Waals surface area contributed by atoms with Gasteiger partial charge in [-0.2, -0.15) is 0 Å². The van der Waals surface area contributed by atoms with Crippen LogP contribution in [-0.4, -0.2) is 48.6 Å². The van der Waals surface area contributed by atoms with E-state index in [1.165, 1.54) is 6.20 Å². The summed E-state index contributed by atoms with van der Waals surface area (Å²) in [6, 6.07) is 12.1. The minimum absolute atomic E-state index is 0.0902. The molecule has 0 aliphatic rings. The molecule has 0 unspecified atom stereocenters. The van der Waals surface area contributed by atoms with Crippen molar-refractivity contribution in [3.63, 3.8) is 0 Å². The van der Waals surface area contributed by atoms with Crippen molar-refractivity contribution in [1.29, 1.82) is 0 Å². The summed E-state index contributed by atoms with van der Waals surface area (Å²) in [6.45, 7) is 0. The SMILES string of the molecule is COc1ccc(Oc2ccc3c(O)c(C(=O)[As]CC(=O)O)ncc3c2)cc1. The van der Waals surface area contributed by atoms with Crippen molar-refractivity contribution in [1.82, 2.24) is 4.98 Å². The first kappa shape index (κ1) is 18.7. The molecule has 3 rings (SSSR count). The Balaban J connectivity index is 1.84. The van der Waals surface area contributed by atoms with Crippen LogP contribution in [0.4, 0.5) is 0 Å². The van der Waals surface area contributed by atoms with Crippen molar-refractivity contribution in [2.24, 2.45) is 0 Å². The zero-order chi connectivity index (χ0) is 19.4. The van der Waals surface area contributed by atoms with Crippen molar-refractivity contribution >= 4 is 37.1 Å². The molecule has 2 aromatic carbocycles. The quantitative estimate of drug-likeness (QED) is 0.557. The summed E-state index contributed by atoms with van der Waals surface area (Å²) in [6.07, 6.45) is 1.46. The first-order valence-electron chi connectivity index (χ1n) is 7.85. The molecule has 0 aliphatic heterocycles. The van der Waals surface area contributed by atoms with Crippen molar-refractivity contribution in [3.8, 4) is 23.0 Å². The molecule has 0 spiro atoms. The van der Waals surface area contributed by atoms with Crippen molar-refractivity contribution in [2.75, 3.05) is 7.11 Å². The van der Waals surface area contributed by atoms with E-state index in [0.717, 1.165) is 5.75 Å². The molecule has 27 heavy (non-hydrogen) atoms. The minimum atomic E-state index is -1.12. The van der Waals surface area contributed by atoms with Gasteiger partial charge in [-0.15, -0.1) is 0 Å². The third-order valence-electron chi connectivity index (χ3n) is 3.69. The number of carboxylic acid groups (broad SMARTS) is 1. The van der Waals surface area contributed by atoms with Gasteiger partial charge in [-0.25, -0.2) is 0 Å². The molecule has 1 aromatic heterocycles. The number of aliphatic carboxylic acids is 1. The van der Waals surface area contributed by atoms with Gasteiger partial charge in [0.1, 0.15) is 0 Å². The average molecular weight is 428 g/mol. The number of carbonyl (C=O) groups excluding carboxylic acids is 1. The van der Waals surface area contributed by atoms with Crippen molar-refractivity contribution in [2.45, 2.75) is 5.21 Å². The number of hydrogen-bond donors (Lipinski definition) is 2. The van der Waals surface area contributed by atoms with E-state index >= 15 is 0 Å². The predicted octanol–water partition coefficient (Wildman–Crippen LogP) is 3.09. The summed E-state index contributed by atoms with van der Waals surface area (Å²) >= 11 is -1.12. The fraction of sp³-hybridized carbons (Fsp3) is 0.105. The second-order valence-corrected chi connectivity index (χ2v) is 7.68. The topological polar surface area (TPSA) is 106 Å². The Kier molecular flexibility index (Phi) is 5.62. The second kappa shape index (κ2) is 8.10. The molecule has 1 heterocycles. The van der Waals surface area contributed by atoms with Gasteiger partial charge in [0.15, 0.2) is 0 Å². The Hall–Kier alpha value is -3.05. The van der Waals surface area contributed by atoms with Gasteiger partial charge in [0, 0.05) is 0 Å². The summed E-state index contributed by atoms with van der Waals surface area (Å²) in [5.74, 6) is 0.609. The van der Waals surface area contributed by atoms with E-state index in [9.17, 15) is 14.7 Å². The molecule has 0 amide bonds. The van der Waals surface area contributed by atoms with Gasteiger partial charge in [-0.1, -0.05) is 0 Å². The van der Waals surface area contributed by atoms with Crippen LogP contribution in [-0.2, 0) is 4.79 Å². The number of methoxy groups -OCH3 is 1. The summed E-state index contributed by atoms with van der Waals surface area (Å²) in [5.41, 5.74) is -0.0902. The number of hydrogen-bond acceptors (Lipinski definition) is 6. The van der Waals surface area contributed by atoms with Crippen LogP contribution in [0.2, 0.25) is 5.21 Å². The fourth-order valence-electron chi connectivity index (χ4n) is 2.40. The molecule has 0 fully saturated rings. The maximum atomic E-state index is 12.1. The summed E-state index contributed by atoms with van der Waals surface area (Å²) < 4.78 is 10.5. The molecular weight excluding hydrogens is 413 g/mol.